The third-order valence-electron chi connectivity index (χ3n) is 3.57. The molecule has 0 aliphatic rings. The fraction of sp³-hybridized carbons (Fsp3) is 0.353. The zero-order valence-electron chi connectivity index (χ0n) is 14.8. The monoisotopic (exact) mass is 364 g/mol. The molecule has 0 spiro atoms. The van der Waals surface area contributed by atoms with Crippen molar-refractivity contribution in [1.29, 1.82) is 0 Å². The van der Waals surface area contributed by atoms with Crippen molar-refractivity contribution < 1.29 is 13.2 Å². The Labute approximate surface area is 148 Å². The van der Waals surface area contributed by atoms with E-state index in [2.05, 4.69) is 25.6 Å². The molecular formula is C17H19F3N6. The Bertz CT molecular complexity index is 923. The quantitative estimate of drug-likeness (QED) is 0.724. The van der Waals surface area contributed by atoms with Gasteiger partial charge in [0.2, 0.25) is 11.9 Å². The summed E-state index contributed by atoms with van der Waals surface area (Å²) in [5.41, 5.74) is 0.810. The first-order chi connectivity index (χ1) is 12.0. The van der Waals surface area contributed by atoms with E-state index in [1.807, 2.05) is 20.8 Å². The molecule has 9 heteroatoms. The van der Waals surface area contributed by atoms with Crippen molar-refractivity contribution in [2.45, 2.75) is 32.5 Å². The molecule has 0 saturated heterocycles. The summed E-state index contributed by atoms with van der Waals surface area (Å²) in [7, 11) is 1.77. The lowest BCUT2D eigenvalue weighted by Crippen LogP contribution is -2.27. The van der Waals surface area contributed by atoms with Gasteiger partial charge in [-0.2, -0.15) is 18.2 Å². The van der Waals surface area contributed by atoms with Gasteiger partial charge in [0, 0.05) is 18.3 Å². The number of aryl methyl sites for hydroxylation is 1. The molecule has 2 aromatic heterocycles. The van der Waals surface area contributed by atoms with Crippen LogP contribution in [0, 0.1) is 0 Å². The van der Waals surface area contributed by atoms with Gasteiger partial charge in [0.15, 0.2) is 5.65 Å². The van der Waals surface area contributed by atoms with Crippen molar-refractivity contribution in [3.05, 3.63) is 36.0 Å². The van der Waals surface area contributed by atoms with E-state index < -0.39 is 11.7 Å². The van der Waals surface area contributed by atoms with E-state index in [4.69, 9.17) is 0 Å². The van der Waals surface area contributed by atoms with Gasteiger partial charge >= 0.3 is 6.18 Å². The van der Waals surface area contributed by atoms with Crippen molar-refractivity contribution in [3.8, 4) is 0 Å². The maximum absolute atomic E-state index is 12.6. The van der Waals surface area contributed by atoms with Crippen LogP contribution in [-0.4, -0.2) is 25.1 Å². The summed E-state index contributed by atoms with van der Waals surface area (Å²) in [6.45, 7) is 6.00. The number of nitrogens with zero attached hydrogens (tertiary/aromatic N) is 4. The Balaban J connectivity index is 1.87. The first kappa shape index (κ1) is 18.0. The van der Waals surface area contributed by atoms with Crippen LogP contribution < -0.4 is 10.6 Å². The number of imidazole rings is 1. The first-order valence-corrected chi connectivity index (χ1v) is 7.95. The normalized spacial score (nSPS) is 12.4. The molecule has 0 atom stereocenters. The number of benzene rings is 1. The number of fused-ring (bicyclic) bond motifs is 1. The highest BCUT2D eigenvalue weighted by Crippen LogP contribution is 2.30. The van der Waals surface area contributed by atoms with Gasteiger partial charge in [-0.25, -0.2) is 9.97 Å². The molecule has 3 aromatic rings. The van der Waals surface area contributed by atoms with Crippen molar-refractivity contribution in [3.63, 3.8) is 0 Å². The lowest BCUT2D eigenvalue weighted by atomic mass is 10.1. The lowest BCUT2D eigenvalue weighted by molar-refractivity contribution is -0.137. The maximum atomic E-state index is 12.6. The summed E-state index contributed by atoms with van der Waals surface area (Å²) >= 11 is 0. The Morgan fingerprint density at radius 2 is 1.65 bits per heavy atom. The summed E-state index contributed by atoms with van der Waals surface area (Å²) in [6.07, 6.45) is -2.75. The van der Waals surface area contributed by atoms with Crippen molar-refractivity contribution in [2.75, 3.05) is 10.6 Å². The van der Waals surface area contributed by atoms with Crippen LogP contribution in [0.15, 0.2) is 30.5 Å². The maximum Gasteiger partial charge on any atom is 0.416 e. The molecule has 0 aliphatic heterocycles. The van der Waals surface area contributed by atoms with Crippen LogP contribution in [0.2, 0.25) is 0 Å². The van der Waals surface area contributed by atoms with Gasteiger partial charge in [0.25, 0.3) is 0 Å². The van der Waals surface area contributed by atoms with E-state index in [1.165, 1.54) is 12.1 Å². The third-order valence-corrected chi connectivity index (χ3v) is 3.57. The van der Waals surface area contributed by atoms with E-state index >= 15 is 0 Å². The van der Waals surface area contributed by atoms with Crippen LogP contribution in [0.5, 0.6) is 0 Å². The number of hydrogen-bond acceptors (Lipinski definition) is 5. The number of rotatable bonds is 3. The molecule has 0 unspecified atom stereocenters. The highest BCUT2D eigenvalue weighted by atomic mass is 19.4. The molecule has 0 fully saturated rings. The highest BCUT2D eigenvalue weighted by molar-refractivity contribution is 5.76. The van der Waals surface area contributed by atoms with Crippen LogP contribution in [0.25, 0.3) is 11.2 Å². The van der Waals surface area contributed by atoms with Gasteiger partial charge in [0.05, 0.1) is 11.8 Å². The Morgan fingerprint density at radius 1 is 1.00 bits per heavy atom. The van der Waals surface area contributed by atoms with Gasteiger partial charge in [0.1, 0.15) is 5.52 Å². The topological polar surface area (TPSA) is 67.7 Å². The van der Waals surface area contributed by atoms with Crippen LogP contribution in [0.1, 0.15) is 26.3 Å². The van der Waals surface area contributed by atoms with Crippen LogP contribution in [0.4, 0.5) is 30.8 Å². The largest absolute Gasteiger partial charge is 0.416 e. The number of alkyl halides is 3. The molecule has 0 radical (unpaired) electrons. The van der Waals surface area contributed by atoms with Crippen molar-refractivity contribution in [2.24, 2.45) is 7.05 Å². The van der Waals surface area contributed by atoms with Crippen molar-refractivity contribution in [1.82, 2.24) is 19.5 Å². The molecule has 2 N–H and O–H groups in total. The fourth-order valence-electron chi connectivity index (χ4n) is 2.36. The number of aromatic nitrogens is 4. The van der Waals surface area contributed by atoms with E-state index in [-0.39, 0.29) is 5.54 Å². The zero-order valence-corrected chi connectivity index (χ0v) is 14.8. The molecule has 6 nitrogen and oxygen atoms in total. The average Bonchev–Trinajstić information content (AvgIpc) is 2.82. The van der Waals surface area contributed by atoms with Crippen LogP contribution >= 0.6 is 0 Å². The minimum atomic E-state index is -4.36. The second-order valence-electron chi connectivity index (χ2n) is 6.97. The third kappa shape index (κ3) is 3.87. The minimum Gasteiger partial charge on any atom is -0.350 e. The molecule has 3 rings (SSSR count). The minimum absolute atomic E-state index is 0.187. The summed E-state index contributed by atoms with van der Waals surface area (Å²) in [4.78, 5) is 13.1. The Hall–Kier alpha value is -2.84. The fourth-order valence-corrected chi connectivity index (χ4v) is 2.36. The summed E-state index contributed by atoms with van der Waals surface area (Å²) in [6, 6.07) is 4.77. The van der Waals surface area contributed by atoms with E-state index in [1.54, 1.807) is 17.8 Å². The molecule has 0 amide bonds. The molecule has 0 aliphatic carbocycles. The Morgan fingerprint density at radius 3 is 2.23 bits per heavy atom. The number of nitrogens with one attached hydrogen (secondary N) is 2. The standard InChI is InChI=1S/C17H19F3N6/c1-16(2,3)25-14-21-9-12-13(24-14)26(4)15(23-12)22-11-7-5-10(6-8-11)17(18,19)20/h5-9H,1-4H3,(H,22,23)(H,21,24,25). The van der Waals surface area contributed by atoms with Crippen LogP contribution in [-0.2, 0) is 13.2 Å². The number of hydrogen-bond donors (Lipinski definition) is 2. The van der Waals surface area contributed by atoms with E-state index in [9.17, 15) is 13.2 Å². The van der Waals surface area contributed by atoms with Crippen molar-refractivity contribution >= 4 is 28.7 Å². The van der Waals surface area contributed by atoms with Gasteiger partial charge < -0.3 is 10.6 Å². The van der Waals surface area contributed by atoms with Gasteiger partial charge in [-0.3, -0.25) is 4.57 Å². The van der Waals surface area contributed by atoms with Gasteiger partial charge in [-0.15, -0.1) is 0 Å². The summed E-state index contributed by atoms with van der Waals surface area (Å²) < 4.78 is 39.7. The van der Waals surface area contributed by atoms with Crippen LogP contribution in [0.3, 0.4) is 0 Å². The van der Waals surface area contributed by atoms with E-state index in [0.717, 1.165) is 12.1 Å². The summed E-state index contributed by atoms with van der Waals surface area (Å²) in [5.74, 6) is 0.941. The van der Waals surface area contributed by atoms with Gasteiger partial charge in [-0.1, -0.05) is 0 Å². The molecule has 26 heavy (non-hydrogen) atoms. The average molecular weight is 364 g/mol. The molecule has 138 valence electrons. The Kier molecular flexibility index (Phi) is 4.25. The number of anilines is 3. The molecule has 0 bridgehead atoms. The molecular weight excluding hydrogens is 345 g/mol. The smallest absolute Gasteiger partial charge is 0.350 e. The highest BCUT2D eigenvalue weighted by Gasteiger charge is 2.30. The second-order valence-corrected chi connectivity index (χ2v) is 6.97. The van der Waals surface area contributed by atoms with E-state index in [0.29, 0.717) is 28.7 Å². The summed E-state index contributed by atoms with van der Waals surface area (Å²) in [5, 5.41) is 6.19. The number of halogens is 3. The predicted molar refractivity (Wildman–Crippen MR) is 94.4 cm³/mol. The second kappa shape index (κ2) is 6.15. The SMILES string of the molecule is Cn1c(Nc2ccc(C(F)(F)F)cc2)nc2cnc(NC(C)(C)C)nc21. The molecule has 2 heterocycles. The predicted octanol–water partition coefficient (Wildman–Crippen LogP) is 4.34. The molecule has 0 saturated carbocycles. The lowest BCUT2D eigenvalue weighted by Gasteiger charge is -2.20. The molecule has 1 aromatic carbocycles. The van der Waals surface area contributed by atoms with Gasteiger partial charge in [-0.05, 0) is 45.0 Å². The first-order valence-electron chi connectivity index (χ1n) is 7.95. The zero-order chi connectivity index (χ0) is 19.1.